The molecule has 5 heteroatoms. The zero-order valence-electron chi connectivity index (χ0n) is 11.7. The Morgan fingerprint density at radius 2 is 1.90 bits per heavy atom. The number of rotatable bonds is 4. The molecular weight excluding hydrogens is 250 g/mol. The third kappa shape index (κ3) is 2.93. The maximum atomic E-state index is 4.26. The van der Waals surface area contributed by atoms with E-state index < -0.39 is 0 Å². The number of nitrogens with zero attached hydrogens (tertiary/aromatic N) is 5. The van der Waals surface area contributed by atoms with Crippen LogP contribution in [0.15, 0.2) is 42.9 Å². The summed E-state index contributed by atoms with van der Waals surface area (Å²) >= 11 is 0. The second-order valence-corrected chi connectivity index (χ2v) is 5.11. The zero-order chi connectivity index (χ0) is 13.9. The van der Waals surface area contributed by atoms with Gasteiger partial charge in [0.15, 0.2) is 0 Å². The molecule has 5 nitrogen and oxygen atoms in total. The largest absolute Gasteiger partial charge is 0.266 e. The zero-order valence-corrected chi connectivity index (χ0v) is 11.7. The van der Waals surface area contributed by atoms with Crippen LogP contribution in [-0.4, -0.2) is 24.8 Å². The van der Waals surface area contributed by atoms with Gasteiger partial charge in [-0.1, -0.05) is 35.0 Å². The lowest BCUT2D eigenvalue weighted by Crippen LogP contribution is -2.01. The van der Waals surface area contributed by atoms with Gasteiger partial charge in [-0.15, -0.1) is 5.10 Å². The Labute approximate surface area is 117 Å². The Bertz CT molecular complexity index is 710. The number of hydrogen-bond acceptors (Lipinski definition) is 3. The van der Waals surface area contributed by atoms with E-state index in [1.807, 2.05) is 34.9 Å². The van der Waals surface area contributed by atoms with Gasteiger partial charge in [0.1, 0.15) is 5.69 Å². The molecule has 0 fully saturated rings. The summed E-state index contributed by atoms with van der Waals surface area (Å²) in [5, 5.41) is 12.6. The third-order valence-corrected chi connectivity index (χ3v) is 3.10. The van der Waals surface area contributed by atoms with Crippen LogP contribution in [0, 0.1) is 13.8 Å². The van der Waals surface area contributed by atoms with E-state index in [0.29, 0.717) is 6.54 Å². The fourth-order valence-electron chi connectivity index (χ4n) is 2.21. The second kappa shape index (κ2) is 5.28. The highest BCUT2D eigenvalue weighted by atomic mass is 15.4. The normalized spacial score (nSPS) is 10.9. The SMILES string of the molecule is Cc1cccc(Cn2cc(Cn3cc(C)cn3)nn2)c1. The van der Waals surface area contributed by atoms with Crippen molar-refractivity contribution in [3.8, 4) is 0 Å². The molecule has 0 unspecified atom stereocenters. The molecule has 0 amide bonds. The first kappa shape index (κ1) is 12.6. The van der Waals surface area contributed by atoms with Crippen LogP contribution in [-0.2, 0) is 13.1 Å². The summed E-state index contributed by atoms with van der Waals surface area (Å²) in [6, 6.07) is 8.43. The summed E-state index contributed by atoms with van der Waals surface area (Å²) in [6.07, 6.45) is 5.82. The standard InChI is InChI=1S/C15H17N5/c1-12-4-3-5-14(6-12)9-20-11-15(17-18-20)10-19-8-13(2)7-16-19/h3-8,11H,9-10H2,1-2H3. The monoisotopic (exact) mass is 267 g/mol. The van der Waals surface area contributed by atoms with Gasteiger partial charge in [0.25, 0.3) is 0 Å². The molecule has 3 rings (SSSR count). The molecule has 0 spiro atoms. The summed E-state index contributed by atoms with van der Waals surface area (Å²) < 4.78 is 3.73. The molecule has 0 atom stereocenters. The smallest absolute Gasteiger partial charge is 0.104 e. The number of hydrogen-bond donors (Lipinski definition) is 0. The molecule has 0 saturated carbocycles. The average molecular weight is 267 g/mol. The van der Waals surface area contributed by atoms with Crippen LogP contribution in [0.4, 0.5) is 0 Å². The molecule has 0 aliphatic carbocycles. The van der Waals surface area contributed by atoms with Gasteiger partial charge in [-0.3, -0.25) is 4.68 Å². The van der Waals surface area contributed by atoms with Crippen molar-refractivity contribution in [2.24, 2.45) is 0 Å². The first-order valence-corrected chi connectivity index (χ1v) is 6.63. The molecule has 0 bridgehead atoms. The van der Waals surface area contributed by atoms with Gasteiger partial charge < -0.3 is 0 Å². The van der Waals surface area contributed by atoms with E-state index in [4.69, 9.17) is 0 Å². The van der Waals surface area contributed by atoms with Crippen LogP contribution in [0.1, 0.15) is 22.4 Å². The van der Waals surface area contributed by atoms with E-state index in [0.717, 1.165) is 17.8 Å². The number of aryl methyl sites for hydroxylation is 2. The van der Waals surface area contributed by atoms with Gasteiger partial charge in [0, 0.05) is 6.20 Å². The summed E-state index contributed by atoms with van der Waals surface area (Å²) in [5.41, 5.74) is 4.56. The van der Waals surface area contributed by atoms with Crippen molar-refractivity contribution in [3.05, 3.63) is 65.2 Å². The number of benzene rings is 1. The molecule has 0 radical (unpaired) electrons. The van der Waals surface area contributed by atoms with Gasteiger partial charge in [0.05, 0.1) is 25.5 Å². The Kier molecular flexibility index (Phi) is 3.33. The maximum Gasteiger partial charge on any atom is 0.104 e. The van der Waals surface area contributed by atoms with E-state index >= 15 is 0 Å². The van der Waals surface area contributed by atoms with Crippen molar-refractivity contribution in [1.82, 2.24) is 24.8 Å². The molecule has 0 aliphatic rings. The van der Waals surface area contributed by atoms with Crippen molar-refractivity contribution < 1.29 is 0 Å². The van der Waals surface area contributed by atoms with Gasteiger partial charge in [-0.2, -0.15) is 5.10 Å². The molecule has 0 N–H and O–H groups in total. The molecule has 0 aliphatic heterocycles. The first-order chi connectivity index (χ1) is 9.69. The minimum absolute atomic E-state index is 0.654. The summed E-state index contributed by atoms with van der Waals surface area (Å²) in [4.78, 5) is 0. The second-order valence-electron chi connectivity index (χ2n) is 5.11. The fourth-order valence-corrected chi connectivity index (χ4v) is 2.21. The van der Waals surface area contributed by atoms with Crippen LogP contribution >= 0.6 is 0 Å². The van der Waals surface area contributed by atoms with E-state index in [2.05, 4.69) is 46.6 Å². The van der Waals surface area contributed by atoms with E-state index in [-0.39, 0.29) is 0 Å². The lowest BCUT2D eigenvalue weighted by Gasteiger charge is -2.01. The fraction of sp³-hybridized carbons (Fsp3) is 0.267. The van der Waals surface area contributed by atoms with Crippen LogP contribution in [0.2, 0.25) is 0 Å². The van der Waals surface area contributed by atoms with Crippen LogP contribution in [0.5, 0.6) is 0 Å². The van der Waals surface area contributed by atoms with Gasteiger partial charge in [-0.25, -0.2) is 4.68 Å². The molecule has 102 valence electrons. The van der Waals surface area contributed by atoms with Crippen molar-refractivity contribution in [1.29, 1.82) is 0 Å². The van der Waals surface area contributed by atoms with E-state index in [9.17, 15) is 0 Å². The highest BCUT2D eigenvalue weighted by molar-refractivity contribution is 5.22. The van der Waals surface area contributed by atoms with Gasteiger partial charge in [-0.05, 0) is 25.0 Å². The third-order valence-electron chi connectivity index (χ3n) is 3.10. The van der Waals surface area contributed by atoms with Gasteiger partial charge in [0.2, 0.25) is 0 Å². The van der Waals surface area contributed by atoms with Crippen LogP contribution < -0.4 is 0 Å². The predicted octanol–water partition coefficient (Wildman–Crippen LogP) is 2.19. The summed E-state index contributed by atoms with van der Waals surface area (Å²) in [6.45, 7) is 5.52. The molecule has 2 aromatic heterocycles. The van der Waals surface area contributed by atoms with E-state index in [1.54, 1.807) is 0 Å². The minimum atomic E-state index is 0.654. The average Bonchev–Trinajstić information content (AvgIpc) is 3.00. The topological polar surface area (TPSA) is 48.5 Å². The Hall–Kier alpha value is -2.43. The predicted molar refractivity (Wildman–Crippen MR) is 76.4 cm³/mol. The van der Waals surface area contributed by atoms with Crippen molar-refractivity contribution >= 4 is 0 Å². The molecule has 2 heterocycles. The summed E-state index contributed by atoms with van der Waals surface area (Å²) in [7, 11) is 0. The Morgan fingerprint density at radius 1 is 1.00 bits per heavy atom. The Balaban J connectivity index is 1.70. The number of aromatic nitrogens is 5. The molecule has 3 aromatic rings. The summed E-state index contributed by atoms with van der Waals surface area (Å²) in [5.74, 6) is 0. The molecule has 20 heavy (non-hydrogen) atoms. The van der Waals surface area contributed by atoms with Crippen LogP contribution in [0.25, 0.3) is 0 Å². The quantitative estimate of drug-likeness (QED) is 0.728. The lowest BCUT2D eigenvalue weighted by atomic mass is 10.1. The minimum Gasteiger partial charge on any atom is -0.266 e. The highest BCUT2D eigenvalue weighted by Gasteiger charge is 2.03. The Morgan fingerprint density at radius 3 is 2.65 bits per heavy atom. The molecular formula is C15H17N5. The van der Waals surface area contributed by atoms with E-state index in [1.165, 1.54) is 11.1 Å². The first-order valence-electron chi connectivity index (χ1n) is 6.63. The highest BCUT2D eigenvalue weighted by Crippen LogP contribution is 2.06. The van der Waals surface area contributed by atoms with Crippen LogP contribution in [0.3, 0.4) is 0 Å². The lowest BCUT2D eigenvalue weighted by molar-refractivity contribution is 0.645. The van der Waals surface area contributed by atoms with Crippen molar-refractivity contribution in [2.45, 2.75) is 26.9 Å². The van der Waals surface area contributed by atoms with Crippen molar-refractivity contribution in [2.75, 3.05) is 0 Å². The van der Waals surface area contributed by atoms with Crippen molar-refractivity contribution in [3.63, 3.8) is 0 Å². The maximum absolute atomic E-state index is 4.26. The molecule has 0 saturated heterocycles. The van der Waals surface area contributed by atoms with Gasteiger partial charge >= 0.3 is 0 Å². The molecule has 1 aromatic carbocycles.